The predicted molar refractivity (Wildman–Crippen MR) is 81.1 cm³/mol. The van der Waals surface area contributed by atoms with Gasteiger partial charge in [0, 0.05) is 16.7 Å². The zero-order valence-corrected chi connectivity index (χ0v) is 12.0. The van der Waals surface area contributed by atoms with Crippen LogP contribution in [-0.2, 0) is 5.75 Å². The molecule has 0 radical (unpaired) electrons. The third-order valence-corrected chi connectivity index (χ3v) is 4.46. The van der Waals surface area contributed by atoms with Crippen LogP contribution in [0.15, 0.2) is 30.3 Å². The maximum Gasteiger partial charge on any atom is 0.133 e. The van der Waals surface area contributed by atoms with Gasteiger partial charge in [0.2, 0.25) is 0 Å². The molecule has 0 saturated carbocycles. The summed E-state index contributed by atoms with van der Waals surface area (Å²) in [6, 6.07) is 10.2. The van der Waals surface area contributed by atoms with Crippen molar-refractivity contribution in [2.45, 2.75) is 12.7 Å². The molecule has 0 aliphatic heterocycles. The van der Waals surface area contributed by atoms with Gasteiger partial charge in [0.1, 0.15) is 5.15 Å². The molecule has 2 aromatic rings. The molecule has 0 spiro atoms. The fourth-order valence-electron chi connectivity index (χ4n) is 1.68. The molecule has 2 nitrogen and oxygen atoms in total. The smallest absolute Gasteiger partial charge is 0.133 e. The minimum absolute atomic E-state index is 0.544. The van der Waals surface area contributed by atoms with E-state index in [1.54, 1.807) is 0 Å². The SMILES string of the molecule is CC(CN)CSCc1cc2ccccc2nc1Cl. The quantitative estimate of drug-likeness (QED) is 0.849. The lowest BCUT2D eigenvalue weighted by molar-refractivity contribution is 0.675. The molecule has 0 aliphatic rings. The van der Waals surface area contributed by atoms with Crippen molar-refractivity contribution in [3.05, 3.63) is 41.0 Å². The minimum Gasteiger partial charge on any atom is -0.330 e. The van der Waals surface area contributed by atoms with Crippen molar-refractivity contribution < 1.29 is 0 Å². The summed E-state index contributed by atoms with van der Waals surface area (Å²) < 4.78 is 0. The summed E-state index contributed by atoms with van der Waals surface area (Å²) in [5, 5.41) is 1.76. The van der Waals surface area contributed by atoms with Crippen LogP contribution in [0.3, 0.4) is 0 Å². The zero-order chi connectivity index (χ0) is 13.0. The number of rotatable bonds is 5. The van der Waals surface area contributed by atoms with Crippen LogP contribution in [0.5, 0.6) is 0 Å². The number of thioether (sulfide) groups is 1. The second-order valence-electron chi connectivity index (χ2n) is 4.49. The monoisotopic (exact) mass is 280 g/mol. The fourth-order valence-corrected chi connectivity index (χ4v) is 3.06. The number of hydrogen-bond donors (Lipinski definition) is 1. The maximum atomic E-state index is 6.20. The number of benzene rings is 1. The summed E-state index contributed by atoms with van der Waals surface area (Å²) in [5.74, 6) is 2.49. The van der Waals surface area contributed by atoms with E-state index in [4.69, 9.17) is 17.3 Å². The number of fused-ring (bicyclic) bond motifs is 1. The fraction of sp³-hybridized carbons (Fsp3) is 0.357. The summed E-state index contributed by atoms with van der Waals surface area (Å²) in [4.78, 5) is 4.42. The third kappa shape index (κ3) is 3.37. The topological polar surface area (TPSA) is 38.9 Å². The van der Waals surface area contributed by atoms with Crippen LogP contribution >= 0.6 is 23.4 Å². The highest BCUT2D eigenvalue weighted by atomic mass is 35.5. The number of pyridine rings is 1. The van der Waals surface area contributed by atoms with E-state index >= 15 is 0 Å². The highest BCUT2D eigenvalue weighted by Gasteiger charge is 2.06. The van der Waals surface area contributed by atoms with Gasteiger partial charge in [0.15, 0.2) is 0 Å². The average Bonchev–Trinajstić information content (AvgIpc) is 2.39. The highest BCUT2D eigenvalue weighted by molar-refractivity contribution is 7.98. The summed E-state index contributed by atoms with van der Waals surface area (Å²) in [7, 11) is 0. The zero-order valence-electron chi connectivity index (χ0n) is 10.4. The Hall–Kier alpha value is -0.770. The lowest BCUT2D eigenvalue weighted by Gasteiger charge is -2.09. The van der Waals surface area contributed by atoms with E-state index in [9.17, 15) is 0 Å². The number of hydrogen-bond acceptors (Lipinski definition) is 3. The van der Waals surface area contributed by atoms with Gasteiger partial charge in [-0.15, -0.1) is 0 Å². The number of nitrogens with zero attached hydrogens (tertiary/aromatic N) is 1. The molecule has 0 amide bonds. The lowest BCUT2D eigenvalue weighted by atomic mass is 10.2. The van der Waals surface area contributed by atoms with Crippen LogP contribution in [0.1, 0.15) is 12.5 Å². The first-order valence-corrected chi connectivity index (χ1v) is 7.56. The Balaban J connectivity index is 2.10. The van der Waals surface area contributed by atoms with Gasteiger partial charge in [0.05, 0.1) is 5.52 Å². The summed E-state index contributed by atoms with van der Waals surface area (Å²) in [5.41, 5.74) is 7.66. The molecule has 4 heteroatoms. The van der Waals surface area contributed by atoms with Gasteiger partial charge in [-0.05, 0) is 30.3 Å². The molecule has 0 bridgehead atoms. The Labute approximate surface area is 117 Å². The van der Waals surface area contributed by atoms with Crippen LogP contribution in [0.2, 0.25) is 5.15 Å². The van der Waals surface area contributed by atoms with E-state index in [1.165, 1.54) is 0 Å². The van der Waals surface area contributed by atoms with E-state index in [0.717, 1.165) is 34.5 Å². The van der Waals surface area contributed by atoms with Gasteiger partial charge in [0.25, 0.3) is 0 Å². The molecule has 1 aromatic heterocycles. The van der Waals surface area contributed by atoms with Crippen molar-refractivity contribution in [3.8, 4) is 0 Å². The molecule has 0 fully saturated rings. The van der Waals surface area contributed by atoms with Crippen molar-refractivity contribution in [1.82, 2.24) is 4.98 Å². The molecule has 18 heavy (non-hydrogen) atoms. The third-order valence-electron chi connectivity index (χ3n) is 2.81. The summed E-state index contributed by atoms with van der Waals surface area (Å²) >= 11 is 8.06. The van der Waals surface area contributed by atoms with Crippen LogP contribution in [0.25, 0.3) is 10.9 Å². The Morgan fingerprint density at radius 2 is 2.17 bits per heavy atom. The van der Waals surface area contributed by atoms with E-state index in [0.29, 0.717) is 11.1 Å². The second-order valence-corrected chi connectivity index (χ2v) is 5.88. The molecule has 1 atom stereocenters. The Bertz CT molecular complexity index is 530. The van der Waals surface area contributed by atoms with Crippen LogP contribution in [0, 0.1) is 5.92 Å². The first kappa shape index (κ1) is 13.7. The number of aromatic nitrogens is 1. The van der Waals surface area contributed by atoms with Gasteiger partial charge >= 0.3 is 0 Å². The highest BCUT2D eigenvalue weighted by Crippen LogP contribution is 2.24. The largest absolute Gasteiger partial charge is 0.330 e. The van der Waals surface area contributed by atoms with Gasteiger partial charge in [-0.3, -0.25) is 0 Å². The first-order chi connectivity index (χ1) is 8.70. The van der Waals surface area contributed by atoms with Crippen molar-refractivity contribution in [3.63, 3.8) is 0 Å². The molecular weight excluding hydrogens is 264 g/mol. The molecule has 2 N–H and O–H groups in total. The summed E-state index contributed by atoms with van der Waals surface area (Å²) in [6.45, 7) is 2.89. The number of para-hydroxylation sites is 1. The number of nitrogens with two attached hydrogens (primary N) is 1. The molecule has 1 aromatic carbocycles. The van der Waals surface area contributed by atoms with Gasteiger partial charge in [-0.25, -0.2) is 4.98 Å². The Morgan fingerprint density at radius 3 is 2.94 bits per heavy atom. The van der Waals surface area contributed by atoms with E-state index in [1.807, 2.05) is 30.0 Å². The predicted octanol–water partition coefficient (Wildman–Crippen LogP) is 3.72. The van der Waals surface area contributed by atoms with E-state index in [2.05, 4.69) is 24.0 Å². The second kappa shape index (κ2) is 6.41. The van der Waals surface area contributed by atoms with Crippen LogP contribution in [0.4, 0.5) is 0 Å². The standard InChI is InChI=1S/C14H17ClN2S/c1-10(7-16)8-18-9-12-6-11-4-2-3-5-13(11)17-14(12)15/h2-6,10H,7-9,16H2,1H3. The Morgan fingerprint density at radius 1 is 1.39 bits per heavy atom. The van der Waals surface area contributed by atoms with Crippen molar-refractivity contribution in [1.29, 1.82) is 0 Å². The van der Waals surface area contributed by atoms with Gasteiger partial charge in [-0.1, -0.05) is 36.7 Å². The molecule has 1 unspecified atom stereocenters. The summed E-state index contributed by atoms with van der Waals surface area (Å²) in [6.07, 6.45) is 0. The molecule has 0 aliphatic carbocycles. The van der Waals surface area contributed by atoms with Gasteiger partial charge < -0.3 is 5.73 Å². The van der Waals surface area contributed by atoms with Crippen molar-refractivity contribution >= 4 is 34.3 Å². The van der Waals surface area contributed by atoms with Crippen LogP contribution < -0.4 is 5.73 Å². The maximum absolute atomic E-state index is 6.20. The molecule has 96 valence electrons. The van der Waals surface area contributed by atoms with Gasteiger partial charge in [-0.2, -0.15) is 11.8 Å². The molecule has 0 saturated heterocycles. The molecular formula is C14H17ClN2S. The average molecular weight is 281 g/mol. The molecule has 2 rings (SSSR count). The molecule has 1 heterocycles. The van der Waals surface area contributed by atoms with Crippen LogP contribution in [-0.4, -0.2) is 17.3 Å². The van der Waals surface area contributed by atoms with Crippen molar-refractivity contribution in [2.24, 2.45) is 11.7 Å². The number of halogens is 1. The Kier molecular flexibility index (Phi) is 4.87. The normalized spacial score (nSPS) is 12.8. The van der Waals surface area contributed by atoms with E-state index in [-0.39, 0.29) is 0 Å². The lowest BCUT2D eigenvalue weighted by Crippen LogP contribution is -2.12. The van der Waals surface area contributed by atoms with Crippen molar-refractivity contribution in [2.75, 3.05) is 12.3 Å². The minimum atomic E-state index is 0.544. The first-order valence-electron chi connectivity index (χ1n) is 6.02. The van der Waals surface area contributed by atoms with E-state index < -0.39 is 0 Å².